The fourth-order valence-electron chi connectivity index (χ4n) is 1.54. The molecule has 8 heteroatoms. The Bertz CT molecular complexity index is 414. The molecular formula is C9H14N8. The predicted molar refractivity (Wildman–Crippen MR) is 63.0 cm³/mol. The van der Waals surface area contributed by atoms with Crippen molar-refractivity contribution in [1.29, 1.82) is 0 Å². The van der Waals surface area contributed by atoms with E-state index < -0.39 is 6.29 Å². The monoisotopic (exact) mass is 234 g/mol. The van der Waals surface area contributed by atoms with E-state index in [1.807, 2.05) is 30.3 Å². The van der Waals surface area contributed by atoms with E-state index in [1.165, 1.54) is 0 Å². The first-order valence-corrected chi connectivity index (χ1v) is 5.05. The Morgan fingerprint density at radius 3 is 2.71 bits per heavy atom. The summed E-state index contributed by atoms with van der Waals surface area (Å²) in [6, 6.07) is 9.72. The van der Waals surface area contributed by atoms with Gasteiger partial charge in [0, 0.05) is 0 Å². The van der Waals surface area contributed by atoms with Crippen molar-refractivity contribution >= 4 is 5.96 Å². The summed E-state index contributed by atoms with van der Waals surface area (Å²) in [5.41, 5.74) is 3.45. The van der Waals surface area contributed by atoms with Crippen LogP contribution in [-0.2, 0) is 0 Å². The Labute approximate surface area is 98.1 Å². The molecule has 0 aromatic heterocycles. The summed E-state index contributed by atoms with van der Waals surface area (Å²) in [6.45, 7) is 0. The molecule has 0 spiro atoms. The lowest BCUT2D eigenvalue weighted by Gasteiger charge is -2.27. The normalized spacial score (nSPS) is 24.2. The van der Waals surface area contributed by atoms with Crippen LogP contribution in [-0.4, -0.2) is 12.2 Å². The maximum atomic E-state index is 5.33. The number of aliphatic imine (C=N–C) groups is 1. The van der Waals surface area contributed by atoms with E-state index in [-0.39, 0.29) is 6.17 Å². The molecule has 0 saturated carbocycles. The molecule has 1 aromatic carbocycles. The molecule has 0 saturated heterocycles. The minimum Gasteiger partial charge on any atom is -0.320 e. The van der Waals surface area contributed by atoms with E-state index in [9.17, 15) is 0 Å². The zero-order valence-electron chi connectivity index (χ0n) is 9.04. The molecule has 90 valence electrons. The van der Waals surface area contributed by atoms with Gasteiger partial charge in [-0.05, 0) is 5.56 Å². The smallest absolute Gasteiger partial charge is 0.210 e. The third-order valence-electron chi connectivity index (χ3n) is 2.28. The van der Waals surface area contributed by atoms with Crippen LogP contribution in [0.25, 0.3) is 0 Å². The summed E-state index contributed by atoms with van der Waals surface area (Å²) in [6.07, 6.45) is -0.715. The number of hydrazine groups is 1. The van der Waals surface area contributed by atoms with Crippen molar-refractivity contribution in [3.05, 3.63) is 35.9 Å². The van der Waals surface area contributed by atoms with E-state index in [0.717, 1.165) is 5.56 Å². The number of nitrogens with zero attached hydrogens (tertiary/aromatic N) is 3. The van der Waals surface area contributed by atoms with Crippen LogP contribution in [0.15, 0.2) is 45.7 Å². The van der Waals surface area contributed by atoms with Gasteiger partial charge in [0.15, 0.2) is 6.29 Å². The van der Waals surface area contributed by atoms with Crippen LogP contribution in [0.4, 0.5) is 0 Å². The Balaban J connectivity index is 2.22. The van der Waals surface area contributed by atoms with Crippen molar-refractivity contribution in [3.8, 4) is 0 Å². The van der Waals surface area contributed by atoms with Gasteiger partial charge in [0.2, 0.25) is 5.96 Å². The summed E-state index contributed by atoms with van der Waals surface area (Å²) in [7, 11) is 0. The Kier molecular flexibility index (Phi) is 3.48. The molecule has 0 bridgehead atoms. The van der Waals surface area contributed by atoms with Crippen LogP contribution >= 0.6 is 0 Å². The Morgan fingerprint density at radius 2 is 2.06 bits per heavy atom. The second kappa shape index (κ2) is 5.23. The van der Waals surface area contributed by atoms with Crippen LogP contribution in [0.2, 0.25) is 0 Å². The maximum Gasteiger partial charge on any atom is 0.210 e. The fraction of sp³-hybridized carbons (Fsp3) is 0.222. The number of nitrogens with one attached hydrogen (secondary N) is 3. The summed E-state index contributed by atoms with van der Waals surface area (Å²) in [4.78, 5) is 4.32. The first-order chi connectivity index (χ1) is 8.33. The predicted octanol–water partition coefficient (Wildman–Crippen LogP) is -0.693. The highest BCUT2D eigenvalue weighted by Gasteiger charge is 2.22. The van der Waals surface area contributed by atoms with Crippen LogP contribution < -0.4 is 27.7 Å². The largest absolute Gasteiger partial charge is 0.320 e. The molecule has 1 aliphatic rings. The zero-order valence-corrected chi connectivity index (χ0v) is 9.04. The number of guanidine groups is 1. The Morgan fingerprint density at radius 1 is 1.29 bits per heavy atom. The van der Waals surface area contributed by atoms with Gasteiger partial charge >= 0.3 is 0 Å². The van der Waals surface area contributed by atoms with Crippen LogP contribution in [0.1, 0.15) is 11.7 Å². The minimum absolute atomic E-state index is 0.251. The molecule has 1 heterocycles. The number of hydrogen-bond acceptors (Lipinski definition) is 7. The fourth-order valence-corrected chi connectivity index (χ4v) is 1.54. The second-order valence-corrected chi connectivity index (χ2v) is 3.38. The summed E-state index contributed by atoms with van der Waals surface area (Å²) < 4.78 is 0. The molecule has 0 aliphatic carbocycles. The maximum absolute atomic E-state index is 5.33. The SMILES string of the molecule is NN=NC1NC(NN)=NC(c2ccccc2)N1. The van der Waals surface area contributed by atoms with Crippen molar-refractivity contribution in [2.75, 3.05) is 0 Å². The van der Waals surface area contributed by atoms with Gasteiger partial charge in [-0.15, -0.1) is 5.11 Å². The molecule has 17 heavy (non-hydrogen) atoms. The summed E-state index contributed by atoms with van der Waals surface area (Å²) in [5.74, 6) is 10.8. The third kappa shape index (κ3) is 2.68. The van der Waals surface area contributed by atoms with Crippen LogP contribution in [0.3, 0.4) is 0 Å². The third-order valence-corrected chi connectivity index (χ3v) is 2.28. The highest BCUT2D eigenvalue weighted by atomic mass is 15.5. The first kappa shape index (κ1) is 11.3. The quantitative estimate of drug-likeness (QED) is 0.263. The van der Waals surface area contributed by atoms with Gasteiger partial charge in [-0.3, -0.25) is 10.7 Å². The Hall–Kier alpha value is -2.19. The van der Waals surface area contributed by atoms with E-state index in [2.05, 4.69) is 31.4 Å². The number of benzene rings is 1. The number of rotatable bonds is 2. The van der Waals surface area contributed by atoms with Gasteiger partial charge in [0.1, 0.15) is 6.17 Å². The van der Waals surface area contributed by atoms with Crippen molar-refractivity contribution < 1.29 is 0 Å². The molecule has 8 nitrogen and oxygen atoms in total. The average molecular weight is 234 g/mol. The highest BCUT2D eigenvalue weighted by molar-refractivity contribution is 5.80. The zero-order chi connectivity index (χ0) is 12.1. The van der Waals surface area contributed by atoms with Crippen molar-refractivity contribution in [1.82, 2.24) is 16.1 Å². The van der Waals surface area contributed by atoms with Gasteiger partial charge in [-0.1, -0.05) is 35.6 Å². The number of nitrogens with two attached hydrogens (primary N) is 2. The molecule has 0 radical (unpaired) electrons. The van der Waals surface area contributed by atoms with Gasteiger partial charge in [-0.2, -0.15) is 0 Å². The summed E-state index contributed by atoms with van der Waals surface area (Å²) >= 11 is 0. The molecule has 0 amide bonds. The average Bonchev–Trinajstić information content (AvgIpc) is 2.40. The van der Waals surface area contributed by atoms with E-state index >= 15 is 0 Å². The summed E-state index contributed by atoms with van der Waals surface area (Å²) in [5, 5.41) is 13.0. The van der Waals surface area contributed by atoms with Crippen molar-refractivity contribution in [3.63, 3.8) is 0 Å². The molecule has 1 aliphatic heterocycles. The van der Waals surface area contributed by atoms with Gasteiger partial charge in [0.05, 0.1) is 0 Å². The van der Waals surface area contributed by atoms with Crippen molar-refractivity contribution in [2.45, 2.75) is 12.5 Å². The van der Waals surface area contributed by atoms with Crippen molar-refractivity contribution in [2.24, 2.45) is 27.0 Å². The van der Waals surface area contributed by atoms with E-state index in [1.54, 1.807) is 0 Å². The molecule has 0 fully saturated rings. The number of hydrogen-bond donors (Lipinski definition) is 5. The lowest BCUT2D eigenvalue weighted by atomic mass is 10.2. The standard InChI is InChI=1S/C9H14N8/c10-15-8-12-7(6-4-2-1-3-5-6)13-9(14-8)16-17-11/h1-5,7,9,13H,10H2,(H2,11,16)(H2,12,14,15). The molecule has 1 aromatic rings. The lowest BCUT2D eigenvalue weighted by Crippen LogP contribution is -2.55. The van der Waals surface area contributed by atoms with Gasteiger partial charge in [0.25, 0.3) is 0 Å². The molecule has 2 atom stereocenters. The van der Waals surface area contributed by atoms with Gasteiger partial charge < -0.3 is 11.2 Å². The minimum atomic E-state index is -0.464. The van der Waals surface area contributed by atoms with Crippen LogP contribution in [0, 0.1) is 0 Å². The highest BCUT2D eigenvalue weighted by Crippen LogP contribution is 2.16. The second-order valence-electron chi connectivity index (χ2n) is 3.38. The van der Waals surface area contributed by atoms with E-state index in [0.29, 0.717) is 5.96 Å². The molecule has 7 N–H and O–H groups in total. The molecular weight excluding hydrogens is 220 g/mol. The first-order valence-electron chi connectivity index (χ1n) is 5.05. The molecule has 2 rings (SSSR count). The van der Waals surface area contributed by atoms with Crippen LogP contribution in [0.5, 0.6) is 0 Å². The van der Waals surface area contributed by atoms with E-state index in [4.69, 9.17) is 11.7 Å². The van der Waals surface area contributed by atoms with Gasteiger partial charge in [-0.25, -0.2) is 10.8 Å². The lowest BCUT2D eigenvalue weighted by molar-refractivity contribution is 0.388. The molecule has 2 unspecified atom stereocenters. The topological polar surface area (TPSA) is 125 Å².